The van der Waals surface area contributed by atoms with Gasteiger partial charge in [0.05, 0.1) is 5.69 Å². The second-order valence-electron chi connectivity index (χ2n) is 9.00. The van der Waals surface area contributed by atoms with Gasteiger partial charge in [0.2, 0.25) is 5.88 Å². The van der Waals surface area contributed by atoms with Crippen LogP contribution in [0.15, 0.2) is 48.7 Å². The van der Waals surface area contributed by atoms with E-state index in [1.165, 1.54) is 5.56 Å². The normalized spacial score (nSPS) is 18.4. The van der Waals surface area contributed by atoms with E-state index < -0.39 is 0 Å². The molecular weight excluding hydrogens is 414 g/mol. The van der Waals surface area contributed by atoms with Crippen LogP contribution in [0, 0.1) is 0 Å². The summed E-state index contributed by atoms with van der Waals surface area (Å²) in [6.07, 6.45) is 8.13. The van der Waals surface area contributed by atoms with Gasteiger partial charge in [0.15, 0.2) is 0 Å². The van der Waals surface area contributed by atoms with Crippen LogP contribution in [0.5, 0.6) is 11.9 Å². The van der Waals surface area contributed by atoms with E-state index in [9.17, 15) is 0 Å². The highest BCUT2D eigenvalue weighted by Gasteiger charge is 2.29. The first kappa shape index (κ1) is 23.2. The van der Waals surface area contributed by atoms with E-state index >= 15 is 0 Å². The number of aryl methyl sites for hydroxylation is 1. The number of nitrogens with zero attached hydrogens (tertiary/aromatic N) is 5. The van der Waals surface area contributed by atoms with E-state index in [0.29, 0.717) is 24.4 Å². The topological polar surface area (TPSA) is 65.3 Å². The Hall–Kier alpha value is -2.93. The van der Waals surface area contributed by atoms with Gasteiger partial charge in [-0.05, 0) is 70.0 Å². The molecule has 1 aromatic carbocycles. The summed E-state index contributed by atoms with van der Waals surface area (Å²) in [5.41, 5.74) is 2.40. The molecule has 0 unspecified atom stereocenters. The minimum absolute atomic E-state index is 0.191. The molecule has 0 atom stereocenters. The predicted molar refractivity (Wildman–Crippen MR) is 129 cm³/mol. The van der Waals surface area contributed by atoms with Crippen molar-refractivity contribution in [2.24, 2.45) is 0 Å². The van der Waals surface area contributed by atoms with Crippen LogP contribution in [-0.4, -0.2) is 58.0 Å². The third-order valence-electron chi connectivity index (χ3n) is 6.13. The van der Waals surface area contributed by atoms with Crippen molar-refractivity contribution in [1.82, 2.24) is 24.6 Å². The fourth-order valence-corrected chi connectivity index (χ4v) is 4.33. The van der Waals surface area contributed by atoms with E-state index in [1.54, 1.807) is 6.20 Å². The number of likely N-dealkylation sites (N-methyl/N-ethyl adjacent to an activating group) is 1. The monoisotopic (exact) mass is 449 g/mol. The van der Waals surface area contributed by atoms with Crippen LogP contribution in [0.4, 0.5) is 0 Å². The molecule has 1 saturated carbocycles. The molecule has 0 bridgehead atoms. The van der Waals surface area contributed by atoms with Gasteiger partial charge in [-0.25, -0.2) is 9.55 Å². The van der Waals surface area contributed by atoms with E-state index in [-0.39, 0.29) is 6.10 Å². The molecular formula is C26H35N5O2. The number of ether oxygens (including phenoxy) is 2. The summed E-state index contributed by atoms with van der Waals surface area (Å²) in [5, 5.41) is 9.04. The molecule has 0 amide bonds. The number of pyridine rings is 1. The van der Waals surface area contributed by atoms with Gasteiger partial charge in [0.25, 0.3) is 0 Å². The van der Waals surface area contributed by atoms with Gasteiger partial charge >= 0.3 is 6.01 Å². The largest absolute Gasteiger partial charge is 0.474 e. The van der Waals surface area contributed by atoms with Crippen LogP contribution in [-0.2, 0) is 6.42 Å². The lowest BCUT2D eigenvalue weighted by molar-refractivity contribution is 0.138. The van der Waals surface area contributed by atoms with Gasteiger partial charge in [0.1, 0.15) is 18.5 Å². The average Bonchev–Trinajstić information content (AvgIpc) is 3.24. The first-order chi connectivity index (χ1) is 16.1. The van der Waals surface area contributed by atoms with Crippen LogP contribution in [0.25, 0.3) is 5.69 Å². The second-order valence-corrected chi connectivity index (χ2v) is 9.00. The van der Waals surface area contributed by atoms with Crippen molar-refractivity contribution in [3.8, 4) is 17.6 Å². The molecule has 7 nitrogen and oxygen atoms in total. The van der Waals surface area contributed by atoms with Crippen LogP contribution in [0.3, 0.4) is 0 Å². The minimum atomic E-state index is 0.191. The molecule has 7 heteroatoms. The van der Waals surface area contributed by atoms with Gasteiger partial charge in [-0.2, -0.15) is 0 Å². The summed E-state index contributed by atoms with van der Waals surface area (Å²) in [6.45, 7) is 3.60. The Kier molecular flexibility index (Phi) is 7.94. The highest BCUT2D eigenvalue weighted by Crippen LogP contribution is 2.36. The Morgan fingerprint density at radius 3 is 2.45 bits per heavy atom. The highest BCUT2D eigenvalue weighted by atomic mass is 16.5. The Morgan fingerprint density at radius 1 is 1.00 bits per heavy atom. The van der Waals surface area contributed by atoms with Gasteiger partial charge in [-0.1, -0.05) is 36.6 Å². The number of aromatic nitrogens is 4. The number of rotatable bonds is 10. The molecule has 4 rings (SSSR count). The summed E-state index contributed by atoms with van der Waals surface area (Å²) in [7, 11) is 4.08. The fourth-order valence-electron chi connectivity index (χ4n) is 4.33. The summed E-state index contributed by atoms with van der Waals surface area (Å²) >= 11 is 0. The summed E-state index contributed by atoms with van der Waals surface area (Å²) < 4.78 is 14.3. The minimum Gasteiger partial charge on any atom is -0.474 e. The van der Waals surface area contributed by atoms with E-state index in [2.05, 4.69) is 55.8 Å². The predicted octanol–water partition coefficient (Wildman–Crippen LogP) is 4.66. The molecule has 2 heterocycles. The average molecular weight is 450 g/mol. The standard InChI is InChI=1S/C26H35N5O2/c1-4-7-20-9-13-22(14-10-20)31-25(28-29-26(31)32-19-18-30(2)3)21-11-15-23(16-12-21)33-24-8-5-6-17-27-24/h5-6,8-10,13-14,17,21,23H,4,7,11-12,15-16,18-19H2,1-3H3. The molecule has 0 aliphatic heterocycles. The first-order valence-corrected chi connectivity index (χ1v) is 12.0. The van der Waals surface area contributed by atoms with Crippen LogP contribution in [0.1, 0.15) is 56.3 Å². The van der Waals surface area contributed by atoms with E-state index in [1.807, 2.05) is 32.3 Å². The Labute approximate surface area is 196 Å². The molecule has 2 aromatic heterocycles. The number of hydrogen-bond donors (Lipinski definition) is 0. The van der Waals surface area contributed by atoms with Gasteiger partial charge < -0.3 is 14.4 Å². The van der Waals surface area contributed by atoms with Crippen molar-refractivity contribution in [3.05, 3.63) is 60.0 Å². The zero-order chi connectivity index (χ0) is 23.0. The highest BCUT2D eigenvalue weighted by molar-refractivity contribution is 5.38. The van der Waals surface area contributed by atoms with Crippen molar-refractivity contribution in [2.45, 2.75) is 57.5 Å². The molecule has 0 N–H and O–H groups in total. The van der Waals surface area contributed by atoms with Crippen molar-refractivity contribution < 1.29 is 9.47 Å². The third-order valence-corrected chi connectivity index (χ3v) is 6.13. The first-order valence-electron chi connectivity index (χ1n) is 12.0. The van der Waals surface area contributed by atoms with E-state index in [4.69, 9.17) is 9.47 Å². The summed E-state index contributed by atoms with van der Waals surface area (Å²) in [4.78, 5) is 6.40. The quantitative estimate of drug-likeness (QED) is 0.449. The Morgan fingerprint density at radius 2 is 1.79 bits per heavy atom. The molecule has 0 radical (unpaired) electrons. The zero-order valence-electron chi connectivity index (χ0n) is 20.0. The van der Waals surface area contributed by atoms with Gasteiger partial charge in [0, 0.05) is 24.7 Å². The SMILES string of the molecule is CCCc1ccc(-n2c(OCCN(C)C)nnc2C2CCC(Oc3ccccn3)CC2)cc1. The van der Waals surface area contributed by atoms with Crippen molar-refractivity contribution >= 4 is 0 Å². The molecule has 1 aliphatic rings. The lowest BCUT2D eigenvalue weighted by Crippen LogP contribution is -2.25. The molecule has 176 valence electrons. The third kappa shape index (κ3) is 6.11. The maximum absolute atomic E-state index is 6.09. The Balaban J connectivity index is 1.50. The second kappa shape index (κ2) is 11.3. The Bertz CT molecular complexity index is 980. The van der Waals surface area contributed by atoms with Crippen molar-refractivity contribution in [2.75, 3.05) is 27.2 Å². The zero-order valence-corrected chi connectivity index (χ0v) is 20.0. The van der Waals surface area contributed by atoms with Crippen LogP contribution in [0.2, 0.25) is 0 Å². The van der Waals surface area contributed by atoms with Crippen molar-refractivity contribution in [1.29, 1.82) is 0 Å². The van der Waals surface area contributed by atoms with Gasteiger partial charge in [-0.15, -0.1) is 5.10 Å². The molecule has 1 aliphatic carbocycles. The smallest absolute Gasteiger partial charge is 0.321 e. The van der Waals surface area contributed by atoms with E-state index in [0.717, 1.165) is 56.6 Å². The van der Waals surface area contributed by atoms with Crippen molar-refractivity contribution in [3.63, 3.8) is 0 Å². The molecule has 1 fully saturated rings. The molecule has 0 saturated heterocycles. The maximum atomic E-state index is 6.09. The number of benzene rings is 1. The summed E-state index contributed by atoms with van der Waals surface area (Å²) in [5.74, 6) is 2.00. The number of hydrogen-bond acceptors (Lipinski definition) is 6. The molecule has 3 aromatic rings. The lowest BCUT2D eigenvalue weighted by Gasteiger charge is -2.28. The summed E-state index contributed by atoms with van der Waals surface area (Å²) in [6, 6.07) is 15.1. The maximum Gasteiger partial charge on any atom is 0.321 e. The lowest BCUT2D eigenvalue weighted by atomic mass is 9.86. The fraction of sp³-hybridized carbons (Fsp3) is 0.500. The molecule has 0 spiro atoms. The van der Waals surface area contributed by atoms with Crippen LogP contribution >= 0.6 is 0 Å². The molecule has 33 heavy (non-hydrogen) atoms. The van der Waals surface area contributed by atoms with Crippen LogP contribution < -0.4 is 9.47 Å². The van der Waals surface area contributed by atoms with Gasteiger partial charge in [-0.3, -0.25) is 0 Å².